The maximum Gasteiger partial charge on any atom is 0.266 e. The minimum absolute atomic E-state index is 0.0288. The zero-order valence-corrected chi connectivity index (χ0v) is 14.1. The Morgan fingerprint density at radius 1 is 1.50 bits per heavy atom. The van der Waals surface area contributed by atoms with Crippen molar-refractivity contribution in [1.82, 2.24) is 15.0 Å². The average molecular weight is 319 g/mol. The van der Waals surface area contributed by atoms with E-state index in [1.54, 1.807) is 0 Å². The van der Waals surface area contributed by atoms with E-state index in [0.717, 1.165) is 59.3 Å². The summed E-state index contributed by atoms with van der Waals surface area (Å²) in [5.74, 6) is 0.869. The first-order valence-electron chi connectivity index (χ1n) is 7.80. The molecule has 0 aliphatic carbocycles. The van der Waals surface area contributed by atoms with E-state index in [1.807, 2.05) is 24.8 Å². The molecule has 1 fully saturated rings. The van der Waals surface area contributed by atoms with E-state index >= 15 is 0 Å². The zero-order chi connectivity index (χ0) is 15.7. The van der Waals surface area contributed by atoms with Crippen LogP contribution in [-0.4, -0.2) is 27.5 Å². The molecule has 0 saturated carbocycles. The Kier molecular flexibility index (Phi) is 4.29. The molecule has 1 atom stereocenters. The molecule has 1 saturated heterocycles. The van der Waals surface area contributed by atoms with Gasteiger partial charge in [0.15, 0.2) is 0 Å². The number of hydrogen-bond acceptors (Lipinski definition) is 5. The van der Waals surface area contributed by atoms with E-state index in [0.29, 0.717) is 0 Å². The molecule has 1 amide bonds. The summed E-state index contributed by atoms with van der Waals surface area (Å²) in [5.41, 5.74) is 1.71. The lowest BCUT2D eigenvalue weighted by atomic mass is 10.1. The molecule has 1 unspecified atom stereocenters. The summed E-state index contributed by atoms with van der Waals surface area (Å²) in [4.78, 5) is 20.1. The first-order valence-corrected chi connectivity index (χ1v) is 8.62. The van der Waals surface area contributed by atoms with Gasteiger partial charge in [-0.05, 0) is 39.5 Å². The largest absolute Gasteiger partial charge is 0.361 e. The van der Waals surface area contributed by atoms with E-state index in [1.165, 1.54) is 11.3 Å². The number of rotatable bonds is 4. The molecule has 1 aliphatic rings. The molecule has 0 radical (unpaired) electrons. The van der Waals surface area contributed by atoms with Crippen molar-refractivity contribution in [3.63, 3.8) is 0 Å². The molecule has 5 nitrogen and oxygen atoms in total. The summed E-state index contributed by atoms with van der Waals surface area (Å²) in [6.07, 6.45) is 3.93. The van der Waals surface area contributed by atoms with Crippen molar-refractivity contribution in [2.75, 3.05) is 6.54 Å². The number of hydrogen-bond donors (Lipinski definition) is 0. The van der Waals surface area contributed by atoms with Gasteiger partial charge in [0, 0.05) is 12.6 Å². The quantitative estimate of drug-likeness (QED) is 0.862. The van der Waals surface area contributed by atoms with Crippen LogP contribution in [0, 0.1) is 13.8 Å². The number of thiazole rings is 1. The average Bonchev–Trinajstić information content (AvgIpc) is 3.18. The van der Waals surface area contributed by atoms with Crippen molar-refractivity contribution in [2.24, 2.45) is 0 Å². The second-order valence-corrected chi connectivity index (χ2v) is 6.87. The third-order valence-electron chi connectivity index (χ3n) is 4.00. The van der Waals surface area contributed by atoms with Crippen molar-refractivity contribution in [1.29, 1.82) is 0 Å². The minimum Gasteiger partial charge on any atom is -0.361 e. The van der Waals surface area contributed by atoms with Gasteiger partial charge in [0.05, 0.1) is 16.7 Å². The second-order valence-electron chi connectivity index (χ2n) is 5.79. The lowest BCUT2D eigenvalue weighted by Gasteiger charge is -2.22. The van der Waals surface area contributed by atoms with Crippen LogP contribution in [0.4, 0.5) is 0 Å². The summed E-state index contributed by atoms with van der Waals surface area (Å²) in [7, 11) is 0. The summed E-state index contributed by atoms with van der Waals surface area (Å²) >= 11 is 1.54. The summed E-state index contributed by atoms with van der Waals surface area (Å²) in [6.45, 7) is 6.70. The van der Waals surface area contributed by atoms with Crippen molar-refractivity contribution < 1.29 is 9.32 Å². The Bertz CT molecular complexity index is 677. The molecule has 22 heavy (non-hydrogen) atoms. The number of aryl methyl sites for hydroxylation is 3. The van der Waals surface area contributed by atoms with Crippen LogP contribution in [-0.2, 0) is 6.42 Å². The molecule has 2 aromatic heterocycles. The fraction of sp³-hybridized carbons (Fsp3) is 0.562. The van der Waals surface area contributed by atoms with E-state index in [9.17, 15) is 4.79 Å². The van der Waals surface area contributed by atoms with Gasteiger partial charge < -0.3 is 9.42 Å². The number of aromatic nitrogens is 2. The Morgan fingerprint density at radius 3 is 3.00 bits per heavy atom. The standard InChI is InChI=1S/C16H21N3O2S/c1-4-6-14-17-11(3)15(22-14)16(20)19-8-5-7-13(19)12-9-10(2)21-18-12/h9,13H,4-8H2,1-3H3. The first kappa shape index (κ1) is 15.2. The van der Waals surface area contributed by atoms with Gasteiger partial charge in [-0.2, -0.15) is 0 Å². The van der Waals surface area contributed by atoms with Gasteiger partial charge in [0.25, 0.3) is 5.91 Å². The second kappa shape index (κ2) is 6.20. The van der Waals surface area contributed by atoms with Crippen LogP contribution in [0.5, 0.6) is 0 Å². The van der Waals surface area contributed by atoms with Gasteiger partial charge in [0.1, 0.15) is 16.3 Å². The van der Waals surface area contributed by atoms with Gasteiger partial charge in [-0.3, -0.25) is 4.79 Å². The predicted molar refractivity (Wildman–Crippen MR) is 85.1 cm³/mol. The zero-order valence-electron chi connectivity index (χ0n) is 13.3. The van der Waals surface area contributed by atoms with Crippen LogP contribution in [0.15, 0.2) is 10.6 Å². The Morgan fingerprint density at radius 2 is 2.32 bits per heavy atom. The third-order valence-corrected chi connectivity index (χ3v) is 5.21. The van der Waals surface area contributed by atoms with Crippen LogP contribution >= 0.6 is 11.3 Å². The Balaban J connectivity index is 1.84. The minimum atomic E-state index is 0.0288. The van der Waals surface area contributed by atoms with E-state index in [-0.39, 0.29) is 11.9 Å². The van der Waals surface area contributed by atoms with Crippen LogP contribution in [0.3, 0.4) is 0 Å². The molecule has 1 aliphatic heterocycles. The van der Waals surface area contributed by atoms with Crippen LogP contribution in [0.1, 0.15) is 64.1 Å². The maximum atomic E-state index is 12.9. The van der Waals surface area contributed by atoms with Gasteiger partial charge in [0.2, 0.25) is 0 Å². The summed E-state index contributed by atoms with van der Waals surface area (Å²) in [5, 5.41) is 5.15. The van der Waals surface area contributed by atoms with E-state index < -0.39 is 0 Å². The molecule has 3 heterocycles. The fourth-order valence-corrected chi connectivity index (χ4v) is 4.08. The van der Waals surface area contributed by atoms with Crippen LogP contribution in [0.25, 0.3) is 0 Å². The first-order chi connectivity index (χ1) is 10.6. The highest BCUT2D eigenvalue weighted by molar-refractivity contribution is 7.13. The molecule has 0 bridgehead atoms. The van der Waals surface area contributed by atoms with Crippen molar-refractivity contribution in [3.05, 3.63) is 33.1 Å². The predicted octanol–water partition coefficient (Wildman–Crippen LogP) is 3.68. The van der Waals surface area contributed by atoms with Gasteiger partial charge >= 0.3 is 0 Å². The number of nitrogens with zero attached hydrogens (tertiary/aromatic N) is 3. The molecular weight excluding hydrogens is 298 g/mol. The van der Waals surface area contributed by atoms with Crippen molar-refractivity contribution in [3.8, 4) is 0 Å². The lowest BCUT2D eigenvalue weighted by Crippen LogP contribution is -2.30. The topological polar surface area (TPSA) is 59.2 Å². The normalized spacial score (nSPS) is 18.1. The lowest BCUT2D eigenvalue weighted by molar-refractivity contribution is 0.0735. The number of carbonyl (C=O) groups is 1. The van der Waals surface area contributed by atoms with Crippen molar-refractivity contribution in [2.45, 2.75) is 52.5 Å². The molecule has 6 heteroatoms. The van der Waals surface area contributed by atoms with Gasteiger partial charge in [-0.25, -0.2) is 4.98 Å². The molecule has 0 aromatic carbocycles. The number of amides is 1. The summed E-state index contributed by atoms with van der Waals surface area (Å²) in [6, 6.07) is 1.96. The monoisotopic (exact) mass is 319 g/mol. The smallest absolute Gasteiger partial charge is 0.266 e. The van der Waals surface area contributed by atoms with Gasteiger partial charge in [-0.1, -0.05) is 12.1 Å². The van der Waals surface area contributed by atoms with Gasteiger partial charge in [-0.15, -0.1) is 11.3 Å². The molecule has 3 rings (SSSR count). The Hall–Kier alpha value is -1.69. The van der Waals surface area contributed by atoms with E-state index in [4.69, 9.17) is 4.52 Å². The molecule has 2 aromatic rings. The fourth-order valence-electron chi connectivity index (χ4n) is 2.96. The molecule has 118 valence electrons. The summed E-state index contributed by atoms with van der Waals surface area (Å²) < 4.78 is 5.17. The maximum absolute atomic E-state index is 12.9. The Labute approximate surface area is 134 Å². The van der Waals surface area contributed by atoms with Crippen LogP contribution in [0.2, 0.25) is 0 Å². The van der Waals surface area contributed by atoms with Crippen LogP contribution < -0.4 is 0 Å². The highest BCUT2D eigenvalue weighted by atomic mass is 32.1. The number of likely N-dealkylation sites (tertiary alicyclic amines) is 1. The third kappa shape index (κ3) is 2.79. The highest BCUT2D eigenvalue weighted by Gasteiger charge is 2.34. The van der Waals surface area contributed by atoms with E-state index in [2.05, 4.69) is 17.1 Å². The molecule has 0 N–H and O–H groups in total. The molecular formula is C16H21N3O2S. The highest BCUT2D eigenvalue weighted by Crippen LogP contribution is 2.34. The molecule has 0 spiro atoms. The van der Waals surface area contributed by atoms with Crippen molar-refractivity contribution >= 4 is 17.2 Å². The number of carbonyl (C=O) groups excluding carboxylic acids is 1. The SMILES string of the molecule is CCCc1nc(C)c(C(=O)N2CCCC2c2cc(C)on2)s1.